The summed E-state index contributed by atoms with van der Waals surface area (Å²) in [6.07, 6.45) is 2.06. The molecule has 0 aliphatic rings. The molecular formula is C13H25N5O2S. The number of hydrazine groups is 1. The van der Waals surface area contributed by atoms with E-state index in [9.17, 15) is 8.42 Å². The van der Waals surface area contributed by atoms with Gasteiger partial charge in [-0.1, -0.05) is 13.8 Å². The fourth-order valence-corrected chi connectivity index (χ4v) is 3.27. The van der Waals surface area contributed by atoms with Crippen molar-refractivity contribution >= 4 is 15.8 Å². The van der Waals surface area contributed by atoms with Crippen molar-refractivity contribution in [3.8, 4) is 0 Å². The summed E-state index contributed by atoms with van der Waals surface area (Å²) >= 11 is 0. The average molecular weight is 315 g/mol. The molecule has 0 aromatic carbocycles. The van der Waals surface area contributed by atoms with Crippen LogP contribution in [-0.2, 0) is 10.0 Å². The molecule has 0 amide bonds. The van der Waals surface area contributed by atoms with Crippen LogP contribution in [0.25, 0.3) is 0 Å². The van der Waals surface area contributed by atoms with Gasteiger partial charge in [-0.2, -0.15) is 0 Å². The predicted molar refractivity (Wildman–Crippen MR) is 84.2 cm³/mol. The van der Waals surface area contributed by atoms with Crippen LogP contribution < -0.4 is 16.0 Å². The van der Waals surface area contributed by atoms with Gasteiger partial charge in [0.1, 0.15) is 10.7 Å². The van der Waals surface area contributed by atoms with Crippen molar-refractivity contribution in [2.75, 3.05) is 26.1 Å². The van der Waals surface area contributed by atoms with E-state index >= 15 is 0 Å². The minimum absolute atomic E-state index is 0.133. The van der Waals surface area contributed by atoms with E-state index in [1.165, 1.54) is 18.3 Å². The molecule has 0 saturated heterocycles. The second kappa shape index (κ2) is 7.69. The van der Waals surface area contributed by atoms with Crippen molar-refractivity contribution in [3.05, 3.63) is 18.3 Å². The van der Waals surface area contributed by atoms with Gasteiger partial charge in [-0.25, -0.2) is 24.0 Å². The van der Waals surface area contributed by atoms with Crippen LogP contribution in [0.2, 0.25) is 0 Å². The van der Waals surface area contributed by atoms with Gasteiger partial charge in [0.25, 0.3) is 0 Å². The number of nitrogens with two attached hydrogens (primary N) is 1. The second-order valence-electron chi connectivity index (χ2n) is 5.73. The quantitative estimate of drug-likeness (QED) is 0.480. The molecule has 1 aromatic rings. The summed E-state index contributed by atoms with van der Waals surface area (Å²) in [4.78, 5) is 6.03. The molecule has 21 heavy (non-hydrogen) atoms. The number of nitrogens with zero attached hydrogens (tertiary/aromatic N) is 2. The third-order valence-corrected chi connectivity index (χ3v) is 4.36. The van der Waals surface area contributed by atoms with Crippen LogP contribution in [0.5, 0.6) is 0 Å². The monoisotopic (exact) mass is 315 g/mol. The fraction of sp³-hybridized carbons (Fsp3) is 0.615. The van der Waals surface area contributed by atoms with Gasteiger partial charge in [0.2, 0.25) is 10.0 Å². The number of nitrogens with one attached hydrogen (secondary N) is 2. The molecule has 1 heterocycles. The molecule has 8 heteroatoms. The molecule has 4 N–H and O–H groups in total. The van der Waals surface area contributed by atoms with Gasteiger partial charge in [-0.15, -0.1) is 0 Å². The van der Waals surface area contributed by atoms with Gasteiger partial charge in [-0.3, -0.25) is 0 Å². The molecular weight excluding hydrogens is 290 g/mol. The van der Waals surface area contributed by atoms with Crippen LogP contribution in [0.4, 0.5) is 5.82 Å². The van der Waals surface area contributed by atoms with Gasteiger partial charge in [0.05, 0.1) is 0 Å². The van der Waals surface area contributed by atoms with Crippen LogP contribution >= 0.6 is 0 Å². The average Bonchev–Trinajstić information content (AvgIpc) is 2.36. The Bertz CT molecular complexity index is 518. The Hall–Kier alpha value is -1.22. The van der Waals surface area contributed by atoms with Crippen LogP contribution in [0.15, 0.2) is 23.2 Å². The highest BCUT2D eigenvalue weighted by Gasteiger charge is 2.21. The molecule has 0 saturated carbocycles. The van der Waals surface area contributed by atoms with E-state index in [4.69, 9.17) is 5.84 Å². The summed E-state index contributed by atoms with van der Waals surface area (Å²) in [5.74, 6) is 6.04. The molecule has 1 unspecified atom stereocenters. The van der Waals surface area contributed by atoms with Crippen LogP contribution in [0.1, 0.15) is 20.3 Å². The Balaban J connectivity index is 2.88. The molecule has 0 bridgehead atoms. The maximum Gasteiger partial charge on any atom is 0.242 e. The number of likely N-dealkylation sites (N-methyl/N-ethyl adjacent to an activating group) is 1. The number of hydrogen-bond acceptors (Lipinski definition) is 6. The van der Waals surface area contributed by atoms with E-state index < -0.39 is 10.0 Å². The van der Waals surface area contributed by atoms with Gasteiger partial charge < -0.3 is 10.3 Å². The van der Waals surface area contributed by atoms with Gasteiger partial charge in [0.15, 0.2) is 0 Å². The smallest absolute Gasteiger partial charge is 0.242 e. The summed E-state index contributed by atoms with van der Waals surface area (Å²) in [5.41, 5.74) is 2.37. The first kappa shape index (κ1) is 17.8. The molecule has 1 atom stereocenters. The van der Waals surface area contributed by atoms with Crippen molar-refractivity contribution < 1.29 is 8.42 Å². The maximum absolute atomic E-state index is 12.4. The minimum atomic E-state index is -3.58. The van der Waals surface area contributed by atoms with Crippen LogP contribution in [0, 0.1) is 5.92 Å². The number of hydrogen-bond donors (Lipinski definition) is 3. The highest BCUT2D eigenvalue weighted by atomic mass is 32.2. The Morgan fingerprint density at radius 2 is 2.00 bits per heavy atom. The SMILES string of the molecule is CC(C)CC(CN(C)C)NS(=O)(=O)c1ccc(NN)nc1. The van der Waals surface area contributed by atoms with Crippen LogP contribution in [-0.4, -0.2) is 45.0 Å². The van der Waals surface area contributed by atoms with E-state index in [0.717, 1.165) is 6.42 Å². The number of aromatic nitrogens is 1. The number of nitrogen functional groups attached to an aromatic ring is 1. The Kier molecular flexibility index (Phi) is 6.53. The van der Waals surface area contributed by atoms with Gasteiger partial charge in [0, 0.05) is 18.8 Å². The molecule has 0 radical (unpaired) electrons. The molecule has 7 nitrogen and oxygen atoms in total. The third kappa shape index (κ3) is 5.96. The fourth-order valence-electron chi connectivity index (χ4n) is 2.08. The third-order valence-electron chi connectivity index (χ3n) is 2.86. The van der Waals surface area contributed by atoms with E-state index in [1.54, 1.807) is 0 Å². The van der Waals surface area contributed by atoms with Gasteiger partial charge in [-0.05, 0) is 38.6 Å². The molecule has 0 spiro atoms. The molecule has 1 rings (SSSR count). The van der Waals surface area contributed by atoms with E-state index in [-0.39, 0.29) is 10.9 Å². The largest absolute Gasteiger partial charge is 0.308 e. The van der Waals surface area contributed by atoms with E-state index in [1.807, 2.05) is 19.0 Å². The first-order valence-corrected chi connectivity index (χ1v) is 8.32. The van der Waals surface area contributed by atoms with Crippen LogP contribution in [0.3, 0.4) is 0 Å². The molecule has 0 aliphatic carbocycles. The Morgan fingerprint density at radius 3 is 2.43 bits per heavy atom. The zero-order valence-electron chi connectivity index (χ0n) is 13.0. The first-order chi connectivity index (χ1) is 9.74. The standard InChI is InChI=1S/C13H25N5O2S/c1-10(2)7-11(9-18(3)4)17-21(19,20)12-5-6-13(16-14)15-8-12/h5-6,8,10-11,17H,7,9,14H2,1-4H3,(H,15,16). The maximum atomic E-state index is 12.4. The zero-order chi connectivity index (χ0) is 16.0. The first-order valence-electron chi connectivity index (χ1n) is 6.84. The highest BCUT2D eigenvalue weighted by Crippen LogP contribution is 2.13. The summed E-state index contributed by atoms with van der Waals surface area (Å²) in [6.45, 7) is 4.79. The number of pyridine rings is 1. The van der Waals surface area contributed by atoms with Crippen molar-refractivity contribution in [3.63, 3.8) is 0 Å². The topological polar surface area (TPSA) is 100 Å². The lowest BCUT2D eigenvalue weighted by molar-refractivity contribution is 0.329. The predicted octanol–water partition coefficient (Wildman–Crippen LogP) is 0.622. The van der Waals surface area contributed by atoms with Crippen molar-refractivity contribution in [2.45, 2.75) is 31.2 Å². The Morgan fingerprint density at radius 1 is 1.33 bits per heavy atom. The lowest BCUT2D eigenvalue weighted by Crippen LogP contribution is -2.42. The molecule has 0 aliphatic heterocycles. The minimum Gasteiger partial charge on any atom is -0.308 e. The molecule has 120 valence electrons. The normalized spacial score (nSPS) is 13.7. The number of anilines is 1. The zero-order valence-corrected chi connectivity index (χ0v) is 13.8. The molecule has 0 fully saturated rings. The molecule has 1 aromatic heterocycles. The van der Waals surface area contributed by atoms with Gasteiger partial charge >= 0.3 is 0 Å². The highest BCUT2D eigenvalue weighted by molar-refractivity contribution is 7.89. The van der Waals surface area contributed by atoms with E-state index in [0.29, 0.717) is 18.3 Å². The van der Waals surface area contributed by atoms with Crippen molar-refractivity contribution in [1.82, 2.24) is 14.6 Å². The second-order valence-corrected chi connectivity index (χ2v) is 7.45. The number of rotatable bonds is 8. The van der Waals surface area contributed by atoms with Crippen molar-refractivity contribution in [2.24, 2.45) is 11.8 Å². The summed E-state index contributed by atoms with van der Waals surface area (Å²) < 4.78 is 27.5. The number of sulfonamides is 1. The summed E-state index contributed by atoms with van der Waals surface area (Å²) in [6, 6.07) is 2.86. The lowest BCUT2D eigenvalue weighted by Gasteiger charge is -2.23. The summed E-state index contributed by atoms with van der Waals surface area (Å²) in [7, 11) is 0.260. The van der Waals surface area contributed by atoms with E-state index in [2.05, 4.69) is 29.0 Å². The summed E-state index contributed by atoms with van der Waals surface area (Å²) in [5, 5.41) is 0. The van der Waals surface area contributed by atoms with Crippen molar-refractivity contribution in [1.29, 1.82) is 0 Å². The lowest BCUT2D eigenvalue weighted by atomic mass is 10.0. The Labute approximate surface area is 127 Å².